The van der Waals surface area contributed by atoms with E-state index in [-0.39, 0.29) is 24.2 Å². The summed E-state index contributed by atoms with van der Waals surface area (Å²) in [4.78, 5) is 23.0. The van der Waals surface area contributed by atoms with Gasteiger partial charge in [-0.1, -0.05) is 0 Å². The van der Waals surface area contributed by atoms with Crippen LogP contribution in [0.2, 0.25) is 0 Å². The normalized spacial score (nSPS) is 20.3. The van der Waals surface area contributed by atoms with Crippen LogP contribution in [0.1, 0.15) is 23.2 Å². The number of ether oxygens (including phenoxy) is 2. The van der Waals surface area contributed by atoms with Gasteiger partial charge in [0.2, 0.25) is 11.7 Å². The Labute approximate surface area is 118 Å². The number of rotatable bonds is 3. The molecule has 5 nitrogen and oxygen atoms in total. The first-order chi connectivity index (χ1) is 9.79. The van der Waals surface area contributed by atoms with E-state index in [0.717, 1.165) is 22.9 Å². The number of esters is 1. The van der Waals surface area contributed by atoms with Gasteiger partial charge < -0.3 is 14.0 Å². The van der Waals surface area contributed by atoms with Crippen molar-refractivity contribution in [2.75, 3.05) is 6.61 Å². The Bertz CT molecular complexity index is 576. The van der Waals surface area contributed by atoms with E-state index in [2.05, 4.69) is 4.74 Å². The highest BCUT2D eigenvalue weighted by Crippen LogP contribution is 2.31. The van der Waals surface area contributed by atoms with Gasteiger partial charge in [-0.05, 0) is 18.9 Å². The molecule has 0 bridgehead atoms. The Morgan fingerprint density at radius 2 is 2.19 bits per heavy atom. The van der Waals surface area contributed by atoms with Crippen molar-refractivity contribution in [2.45, 2.75) is 31.2 Å². The van der Waals surface area contributed by atoms with Crippen LogP contribution in [0.4, 0.5) is 13.2 Å². The van der Waals surface area contributed by atoms with E-state index < -0.39 is 24.4 Å². The van der Waals surface area contributed by atoms with Crippen LogP contribution in [0.25, 0.3) is 0 Å². The summed E-state index contributed by atoms with van der Waals surface area (Å²) in [7, 11) is 1.39. The zero-order chi connectivity index (χ0) is 15.6. The maximum atomic E-state index is 13.0. The molecular weight excluding hydrogens is 291 g/mol. The molecule has 8 heteroatoms. The number of carbonyl (C=O) groups is 1. The van der Waals surface area contributed by atoms with E-state index in [1.165, 1.54) is 7.05 Å². The number of hydrogen-bond acceptors (Lipinski definition) is 4. The molecule has 0 amide bonds. The van der Waals surface area contributed by atoms with E-state index in [9.17, 15) is 22.8 Å². The average molecular weight is 305 g/mol. The van der Waals surface area contributed by atoms with Gasteiger partial charge in [-0.2, -0.15) is 13.2 Å². The molecule has 116 valence electrons. The van der Waals surface area contributed by atoms with Gasteiger partial charge in [-0.25, -0.2) is 4.79 Å². The van der Waals surface area contributed by atoms with Gasteiger partial charge in [0.1, 0.15) is 6.10 Å². The molecule has 1 aromatic heterocycles. The third-order valence-electron chi connectivity index (χ3n) is 3.18. The molecule has 2 rings (SSSR count). The van der Waals surface area contributed by atoms with Gasteiger partial charge in [-0.3, -0.25) is 4.79 Å². The summed E-state index contributed by atoms with van der Waals surface area (Å²) in [5.41, 5.74) is -0.498. The van der Waals surface area contributed by atoms with E-state index in [1.54, 1.807) is 0 Å². The Hall–Kier alpha value is -1.83. The highest BCUT2D eigenvalue weighted by Gasteiger charge is 2.49. The zero-order valence-electron chi connectivity index (χ0n) is 11.2. The van der Waals surface area contributed by atoms with Gasteiger partial charge in [0.25, 0.3) is 0 Å². The van der Waals surface area contributed by atoms with Crippen LogP contribution in [0.3, 0.4) is 0 Å². The van der Waals surface area contributed by atoms with Gasteiger partial charge in [-0.15, -0.1) is 0 Å². The number of aromatic nitrogens is 1. The molecule has 0 N–H and O–H groups in total. The second-order valence-electron chi connectivity index (χ2n) is 4.79. The van der Waals surface area contributed by atoms with Gasteiger partial charge in [0.05, 0.1) is 5.56 Å². The fourth-order valence-corrected chi connectivity index (χ4v) is 2.09. The minimum atomic E-state index is -4.70. The van der Waals surface area contributed by atoms with Crippen molar-refractivity contribution in [3.8, 4) is 0 Å². The number of carbonyl (C=O) groups excluding carboxylic acids is 1. The van der Waals surface area contributed by atoms with Gasteiger partial charge >= 0.3 is 12.1 Å². The largest absolute Gasteiger partial charge is 0.446 e. The molecule has 1 aromatic rings. The minimum absolute atomic E-state index is 0.121. The molecule has 1 saturated heterocycles. The fourth-order valence-electron chi connectivity index (χ4n) is 2.09. The molecule has 0 spiro atoms. The summed E-state index contributed by atoms with van der Waals surface area (Å²) in [6, 6.07) is 2.22. The Kier molecular flexibility index (Phi) is 4.36. The summed E-state index contributed by atoms with van der Waals surface area (Å²) in [6.45, 7) is 0.217. The van der Waals surface area contributed by atoms with E-state index in [1.807, 2.05) is 0 Å². The highest BCUT2D eigenvalue weighted by atomic mass is 19.4. The van der Waals surface area contributed by atoms with Crippen molar-refractivity contribution in [3.63, 3.8) is 0 Å². The third-order valence-corrected chi connectivity index (χ3v) is 3.18. The number of aryl methyl sites for hydroxylation is 1. The first kappa shape index (κ1) is 15.6. The second kappa shape index (κ2) is 5.88. The van der Waals surface area contributed by atoms with E-state index in [0.29, 0.717) is 6.42 Å². The van der Waals surface area contributed by atoms with Gasteiger partial charge in [0, 0.05) is 25.9 Å². The van der Waals surface area contributed by atoms with Crippen LogP contribution in [0.5, 0.6) is 0 Å². The lowest BCUT2D eigenvalue weighted by molar-refractivity contribution is -0.230. The molecule has 0 unspecified atom stereocenters. The van der Waals surface area contributed by atoms with E-state index >= 15 is 0 Å². The molecular formula is C13H14F3NO4. The number of nitrogens with zero attached hydrogens (tertiary/aromatic N) is 1. The quantitative estimate of drug-likeness (QED) is 0.797. The molecule has 1 fully saturated rings. The first-order valence-electron chi connectivity index (χ1n) is 6.35. The van der Waals surface area contributed by atoms with Crippen molar-refractivity contribution in [1.82, 2.24) is 4.57 Å². The molecule has 0 saturated carbocycles. The molecule has 2 heterocycles. The highest BCUT2D eigenvalue weighted by molar-refractivity contribution is 5.89. The third kappa shape index (κ3) is 3.63. The lowest BCUT2D eigenvalue weighted by Gasteiger charge is -2.25. The number of hydrogen-bond donors (Lipinski definition) is 0. The fraction of sp³-hybridized carbons (Fsp3) is 0.538. The predicted octanol–water partition coefficient (Wildman–Crippen LogP) is 1.65. The maximum absolute atomic E-state index is 13.0. The SMILES string of the molecule is Cn1cc(C(=O)O[C@@H]([C@H]2CCCO2)C(F)(F)F)ccc1=O. The maximum Gasteiger partial charge on any atom is 0.428 e. The summed E-state index contributed by atoms with van der Waals surface area (Å²) >= 11 is 0. The predicted molar refractivity (Wildman–Crippen MR) is 65.9 cm³/mol. The monoisotopic (exact) mass is 305 g/mol. The minimum Gasteiger partial charge on any atom is -0.446 e. The Balaban J connectivity index is 2.17. The standard InChI is InChI=1S/C13H14F3NO4/c1-17-7-8(4-5-10(17)18)12(19)21-11(13(14,15)16)9-3-2-6-20-9/h4-5,7,9,11H,2-3,6H2,1H3/t9-,11+/m1/s1. The summed E-state index contributed by atoms with van der Waals surface area (Å²) in [5, 5.41) is 0. The van der Waals surface area contributed by atoms with Crippen molar-refractivity contribution in [1.29, 1.82) is 0 Å². The van der Waals surface area contributed by atoms with Crippen LogP contribution in [0.15, 0.2) is 23.1 Å². The number of alkyl halides is 3. The number of halogens is 3. The molecule has 1 aliphatic rings. The van der Waals surface area contributed by atoms with Crippen molar-refractivity contribution in [2.24, 2.45) is 7.05 Å². The molecule has 1 aliphatic heterocycles. The topological polar surface area (TPSA) is 57.5 Å². The summed E-state index contributed by atoms with van der Waals surface area (Å²) in [5.74, 6) is -1.14. The molecule has 21 heavy (non-hydrogen) atoms. The van der Waals surface area contributed by atoms with Crippen molar-refractivity contribution in [3.05, 3.63) is 34.2 Å². The zero-order valence-corrected chi connectivity index (χ0v) is 11.2. The summed E-state index contributed by atoms with van der Waals surface area (Å²) < 4.78 is 49.6. The lowest BCUT2D eigenvalue weighted by atomic mass is 10.1. The van der Waals surface area contributed by atoms with E-state index in [4.69, 9.17) is 4.74 Å². The Morgan fingerprint density at radius 1 is 1.48 bits per heavy atom. The van der Waals surface area contributed by atoms with Crippen molar-refractivity contribution < 1.29 is 27.4 Å². The van der Waals surface area contributed by atoms with Crippen LogP contribution in [-0.2, 0) is 16.5 Å². The molecule has 0 radical (unpaired) electrons. The molecule has 0 aromatic carbocycles. The smallest absolute Gasteiger partial charge is 0.428 e. The van der Waals surface area contributed by atoms with Crippen LogP contribution in [0, 0.1) is 0 Å². The number of pyridine rings is 1. The van der Waals surface area contributed by atoms with Crippen LogP contribution in [-0.4, -0.2) is 35.5 Å². The summed E-state index contributed by atoms with van der Waals surface area (Å²) in [6.07, 6.45) is -6.37. The lowest BCUT2D eigenvalue weighted by Crippen LogP contribution is -2.43. The van der Waals surface area contributed by atoms with Crippen LogP contribution >= 0.6 is 0 Å². The molecule has 0 aliphatic carbocycles. The first-order valence-corrected chi connectivity index (χ1v) is 6.35. The second-order valence-corrected chi connectivity index (χ2v) is 4.79. The van der Waals surface area contributed by atoms with Crippen molar-refractivity contribution >= 4 is 5.97 Å². The van der Waals surface area contributed by atoms with Crippen LogP contribution < -0.4 is 5.56 Å². The van der Waals surface area contributed by atoms with Gasteiger partial charge in [0.15, 0.2) is 0 Å². The Morgan fingerprint density at radius 3 is 2.71 bits per heavy atom. The average Bonchev–Trinajstić information content (AvgIpc) is 2.91. The molecule has 2 atom stereocenters.